The lowest BCUT2D eigenvalue weighted by Gasteiger charge is -2.32. The predicted molar refractivity (Wildman–Crippen MR) is 74.6 cm³/mol. The molecule has 0 saturated carbocycles. The van der Waals surface area contributed by atoms with Gasteiger partial charge < -0.3 is 19.9 Å². The van der Waals surface area contributed by atoms with Crippen molar-refractivity contribution in [3.05, 3.63) is 0 Å². The molecule has 18 heavy (non-hydrogen) atoms. The molecule has 2 heterocycles. The number of nitrogens with two attached hydrogens (primary N) is 1. The lowest BCUT2D eigenvalue weighted by atomic mass is 9.67. The molecule has 5 heteroatoms. The van der Waals surface area contributed by atoms with Crippen molar-refractivity contribution in [2.24, 2.45) is 5.73 Å². The van der Waals surface area contributed by atoms with Crippen LogP contribution in [0.4, 0.5) is 0 Å². The molecule has 2 aliphatic heterocycles. The third kappa shape index (κ3) is 2.74. The molecule has 2 rings (SSSR count). The van der Waals surface area contributed by atoms with Crippen LogP contribution in [0.15, 0.2) is 0 Å². The van der Waals surface area contributed by atoms with Gasteiger partial charge >= 0.3 is 7.12 Å². The summed E-state index contributed by atoms with van der Waals surface area (Å²) < 4.78 is 12.3. The van der Waals surface area contributed by atoms with Crippen molar-refractivity contribution < 1.29 is 9.31 Å². The van der Waals surface area contributed by atoms with Crippen LogP contribution >= 0.6 is 0 Å². The number of hydrogen-bond donors (Lipinski definition) is 1. The van der Waals surface area contributed by atoms with E-state index >= 15 is 0 Å². The lowest BCUT2D eigenvalue weighted by molar-refractivity contribution is 0.00578. The van der Waals surface area contributed by atoms with E-state index in [1.54, 1.807) is 0 Å². The van der Waals surface area contributed by atoms with E-state index in [1.165, 1.54) is 0 Å². The molecule has 0 bridgehead atoms. The fraction of sp³-hybridized carbons (Fsp3) is 1.00. The second-order valence-corrected chi connectivity index (χ2v) is 6.59. The fourth-order valence-corrected chi connectivity index (χ4v) is 2.71. The minimum atomic E-state index is -0.202. The van der Waals surface area contributed by atoms with E-state index in [0.717, 1.165) is 39.0 Å². The first-order valence-electron chi connectivity index (χ1n) is 7.14. The van der Waals surface area contributed by atoms with Gasteiger partial charge in [-0.3, -0.25) is 0 Å². The molecule has 0 aliphatic carbocycles. The summed E-state index contributed by atoms with van der Waals surface area (Å²) in [6.07, 6.45) is 2.30. The van der Waals surface area contributed by atoms with Crippen LogP contribution < -0.4 is 5.73 Å². The smallest absolute Gasteiger partial charge is 0.403 e. The van der Waals surface area contributed by atoms with Crippen LogP contribution in [-0.2, 0) is 9.31 Å². The van der Waals surface area contributed by atoms with E-state index in [2.05, 4.69) is 32.6 Å². The quantitative estimate of drug-likeness (QED) is 0.775. The predicted octanol–water partition coefficient (Wildman–Crippen LogP) is 1.50. The highest BCUT2D eigenvalue weighted by Gasteiger charge is 2.53. The first kappa shape index (κ1) is 14.3. The molecule has 2 N–H and O–H groups in total. The monoisotopic (exact) mass is 254 g/mol. The molecule has 0 aromatic heterocycles. The molecule has 0 radical (unpaired) electrons. The number of likely N-dealkylation sites (tertiary alicyclic amines) is 1. The van der Waals surface area contributed by atoms with Crippen LogP contribution in [0.25, 0.3) is 0 Å². The topological polar surface area (TPSA) is 47.7 Å². The van der Waals surface area contributed by atoms with E-state index in [4.69, 9.17) is 15.0 Å². The second kappa shape index (κ2) is 5.12. The Bertz CT molecular complexity index is 273. The number of nitrogens with zero attached hydrogens (tertiary/aromatic N) is 1. The van der Waals surface area contributed by atoms with Crippen LogP contribution in [0.1, 0.15) is 40.5 Å². The van der Waals surface area contributed by atoms with E-state index in [1.807, 2.05) is 0 Å². The lowest BCUT2D eigenvalue weighted by Crippen LogP contribution is -2.41. The molecule has 0 aromatic rings. The first-order valence-corrected chi connectivity index (χ1v) is 7.14. The van der Waals surface area contributed by atoms with Crippen molar-refractivity contribution in [3.63, 3.8) is 0 Å². The summed E-state index contributed by atoms with van der Waals surface area (Å²) in [4.78, 5) is 2.43. The molecule has 2 saturated heterocycles. The molecule has 2 fully saturated rings. The van der Waals surface area contributed by atoms with Gasteiger partial charge in [-0.25, -0.2) is 0 Å². The van der Waals surface area contributed by atoms with Gasteiger partial charge in [0.1, 0.15) is 0 Å². The second-order valence-electron chi connectivity index (χ2n) is 6.59. The first-order chi connectivity index (χ1) is 8.36. The third-order valence-corrected chi connectivity index (χ3v) is 4.73. The Morgan fingerprint density at radius 1 is 1.11 bits per heavy atom. The maximum Gasteiger partial charge on any atom is 0.461 e. The largest absolute Gasteiger partial charge is 0.461 e. The van der Waals surface area contributed by atoms with E-state index in [-0.39, 0.29) is 18.3 Å². The van der Waals surface area contributed by atoms with Crippen molar-refractivity contribution in [3.8, 4) is 0 Å². The highest BCUT2D eigenvalue weighted by molar-refractivity contribution is 6.47. The van der Waals surface area contributed by atoms with Crippen LogP contribution in [0.3, 0.4) is 0 Å². The van der Waals surface area contributed by atoms with E-state index in [0.29, 0.717) is 5.82 Å². The van der Waals surface area contributed by atoms with Crippen molar-refractivity contribution in [1.82, 2.24) is 4.90 Å². The van der Waals surface area contributed by atoms with Crippen molar-refractivity contribution >= 4 is 7.12 Å². The van der Waals surface area contributed by atoms with Gasteiger partial charge in [0.2, 0.25) is 0 Å². The summed E-state index contributed by atoms with van der Waals surface area (Å²) in [5.74, 6) is 0.528. The van der Waals surface area contributed by atoms with Gasteiger partial charge in [-0.05, 0) is 59.4 Å². The molecule has 0 spiro atoms. The van der Waals surface area contributed by atoms with Gasteiger partial charge in [0.05, 0.1) is 11.2 Å². The molecule has 4 nitrogen and oxygen atoms in total. The molecular formula is C13H27BN2O2. The summed E-state index contributed by atoms with van der Waals surface area (Å²) >= 11 is 0. The van der Waals surface area contributed by atoms with Crippen molar-refractivity contribution in [2.75, 3.05) is 26.2 Å². The summed E-state index contributed by atoms with van der Waals surface area (Å²) in [5.41, 5.74) is 5.19. The summed E-state index contributed by atoms with van der Waals surface area (Å²) in [7, 11) is -0.0324. The van der Waals surface area contributed by atoms with Gasteiger partial charge in [0.15, 0.2) is 0 Å². The van der Waals surface area contributed by atoms with Crippen molar-refractivity contribution in [2.45, 2.75) is 57.6 Å². The van der Waals surface area contributed by atoms with Gasteiger partial charge in [0.25, 0.3) is 0 Å². The summed E-state index contributed by atoms with van der Waals surface area (Å²) in [6, 6.07) is 0. The zero-order chi connectivity index (χ0) is 13.4. The normalized spacial score (nSPS) is 28.8. The van der Waals surface area contributed by atoms with Crippen LogP contribution in [-0.4, -0.2) is 49.4 Å². The molecule has 2 aliphatic rings. The minimum absolute atomic E-state index is 0.0324. The maximum absolute atomic E-state index is 6.13. The maximum atomic E-state index is 6.13. The average Bonchev–Trinajstić information content (AvgIpc) is 2.50. The third-order valence-electron chi connectivity index (χ3n) is 4.73. The number of rotatable bonds is 3. The number of piperidine rings is 1. The van der Waals surface area contributed by atoms with Crippen LogP contribution in [0.5, 0.6) is 0 Å². The zero-order valence-electron chi connectivity index (χ0n) is 12.2. The van der Waals surface area contributed by atoms with E-state index in [9.17, 15) is 0 Å². The average molecular weight is 254 g/mol. The van der Waals surface area contributed by atoms with Gasteiger partial charge in [-0.15, -0.1) is 0 Å². The Balaban J connectivity index is 1.88. The SMILES string of the molecule is CC1(C)OB(C2CCN(CCN)CC2)OC1(C)C. The van der Waals surface area contributed by atoms with Gasteiger partial charge in [0, 0.05) is 13.1 Å². The van der Waals surface area contributed by atoms with Crippen molar-refractivity contribution in [1.29, 1.82) is 0 Å². The molecule has 0 aromatic carbocycles. The Kier molecular flexibility index (Phi) is 4.07. The molecule has 0 atom stereocenters. The fourth-order valence-electron chi connectivity index (χ4n) is 2.71. The highest BCUT2D eigenvalue weighted by Crippen LogP contribution is 2.42. The molecule has 104 valence electrons. The zero-order valence-corrected chi connectivity index (χ0v) is 12.2. The van der Waals surface area contributed by atoms with E-state index < -0.39 is 0 Å². The highest BCUT2D eigenvalue weighted by atomic mass is 16.7. The standard InChI is InChI=1S/C13H27BN2O2/c1-12(2)13(3,4)18-14(17-12)11-5-8-16(9-6-11)10-7-15/h11H,5-10,15H2,1-4H3. The Labute approximate surface area is 111 Å². The summed E-state index contributed by atoms with van der Waals surface area (Å²) in [5, 5.41) is 0. The number of hydrogen-bond acceptors (Lipinski definition) is 4. The Hall–Kier alpha value is -0.0951. The van der Waals surface area contributed by atoms with Crippen LogP contribution in [0.2, 0.25) is 5.82 Å². The van der Waals surface area contributed by atoms with Gasteiger partial charge in [-0.2, -0.15) is 0 Å². The Morgan fingerprint density at radius 3 is 2.06 bits per heavy atom. The van der Waals surface area contributed by atoms with Gasteiger partial charge in [-0.1, -0.05) is 0 Å². The van der Waals surface area contributed by atoms with Crippen LogP contribution in [0, 0.1) is 0 Å². The minimum Gasteiger partial charge on any atom is -0.403 e. The summed E-state index contributed by atoms with van der Waals surface area (Å²) in [6.45, 7) is 12.5. The molecular weight excluding hydrogens is 227 g/mol. The molecule has 0 amide bonds. The Morgan fingerprint density at radius 2 is 1.61 bits per heavy atom. The molecule has 0 unspecified atom stereocenters.